The van der Waals surface area contributed by atoms with Crippen LogP contribution in [0, 0.1) is 5.82 Å². The summed E-state index contributed by atoms with van der Waals surface area (Å²) in [6.45, 7) is 0. The number of anilines is 2. The second-order valence-corrected chi connectivity index (χ2v) is 11.9. The summed E-state index contributed by atoms with van der Waals surface area (Å²) in [5.41, 5.74) is 0.794. The molecule has 1 aromatic heterocycles. The third-order valence-electron chi connectivity index (χ3n) is 6.59. The number of benzene rings is 2. The van der Waals surface area contributed by atoms with E-state index in [1.54, 1.807) is 30.3 Å². The lowest BCUT2D eigenvalue weighted by Crippen LogP contribution is -2.48. The van der Waals surface area contributed by atoms with Crippen LogP contribution in [-0.2, 0) is 25.2 Å². The SMILES string of the molecule is COc1ccc(N(C(=O)C[S@](=O)CC(=O)Nc2ccc(F)cc2)[C@@H](C(=O)NC2CCCCC2)c2cccs2)cc1. The number of halogens is 1. The van der Waals surface area contributed by atoms with Crippen LogP contribution in [0.5, 0.6) is 5.75 Å². The number of thiophene rings is 1. The predicted molar refractivity (Wildman–Crippen MR) is 155 cm³/mol. The summed E-state index contributed by atoms with van der Waals surface area (Å²) in [7, 11) is -0.340. The smallest absolute Gasteiger partial charge is 0.248 e. The summed E-state index contributed by atoms with van der Waals surface area (Å²) >= 11 is 1.36. The topological polar surface area (TPSA) is 105 Å². The highest BCUT2D eigenvalue weighted by atomic mass is 32.2. The average molecular weight is 586 g/mol. The Labute approximate surface area is 239 Å². The van der Waals surface area contributed by atoms with E-state index in [1.165, 1.54) is 47.6 Å². The minimum atomic E-state index is -1.87. The van der Waals surface area contributed by atoms with Gasteiger partial charge in [-0.1, -0.05) is 25.3 Å². The Balaban J connectivity index is 1.56. The van der Waals surface area contributed by atoms with Crippen LogP contribution >= 0.6 is 11.3 Å². The molecule has 1 aliphatic carbocycles. The molecule has 2 atom stereocenters. The van der Waals surface area contributed by atoms with Crippen molar-refractivity contribution >= 4 is 51.2 Å². The Morgan fingerprint density at radius 1 is 1.02 bits per heavy atom. The molecule has 1 fully saturated rings. The molecule has 1 heterocycles. The highest BCUT2D eigenvalue weighted by Crippen LogP contribution is 2.32. The summed E-state index contributed by atoms with van der Waals surface area (Å²) in [5.74, 6) is -2.21. The van der Waals surface area contributed by atoms with Crippen molar-refractivity contribution in [1.82, 2.24) is 5.32 Å². The first-order chi connectivity index (χ1) is 19.3. The third kappa shape index (κ3) is 7.98. The van der Waals surface area contributed by atoms with Gasteiger partial charge in [0.15, 0.2) is 0 Å². The summed E-state index contributed by atoms with van der Waals surface area (Å²) in [5, 5.41) is 7.53. The maximum Gasteiger partial charge on any atom is 0.248 e. The number of hydrogen-bond donors (Lipinski definition) is 2. The monoisotopic (exact) mass is 585 g/mol. The molecular weight excluding hydrogens is 553 g/mol. The molecule has 3 aromatic rings. The second-order valence-electron chi connectivity index (χ2n) is 9.51. The van der Waals surface area contributed by atoms with Crippen LogP contribution in [0.2, 0.25) is 0 Å². The van der Waals surface area contributed by atoms with Gasteiger partial charge in [0.2, 0.25) is 17.7 Å². The van der Waals surface area contributed by atoms with E-state index in [0.717, 1.165) is 32.1 Å². The first-order valence-corrected chi connectivity index (χ1v) is 15.4. The Morgan fingerprint density at radius 2 is 1.73 bits per heavy atom. The van der Waals surface area contributed by atoms with Crippen molar-refractivity contribution in [2.45, 2.75) is 44.2 Å². The Hall–Kier alpha value is -3.57. The molecule has 212 valence electrons. The second kappa shape index (κ2) is 14.2. The standard InChI is InChI=1S/C29H32FN3O5S2/c1-38-24-15-13-23(14-16-24)33(27(35)19-40(37)18-26(34)31-22-11-9-20(30)10-12-22)28(25-8-5-17-39-25)29(36)32-21-6-3-2-4-7-21/h5,8-17,21,28H,2-4,6-7,18-19H2,1H3,(H,31,34)(H,32,36)/t28-,40-/m1/s1. The van der Waals surface area contributed by atoms with Gasteiger partial charge in [-0.15, -0.1) is 11.3 Å². The molecule has 0 spiro atoms. The van der Waals surface area contributed by atoms with Gasteiger partial charge in [0, 0.05) is 33.1 Å². The number of rotatable bonds is 11. The van der Waals surface area contributed by atoms with Gasteiger partial charge in [-0.2, -0.15) is 0 Å². The van der Waals surface area contributed by atoms with E-state index >= 15 is 0 Å². The average Bonchev–Trinajstić information content (AvgIpc) is 3.47. The molecular formula is C29H32FN3O5S2. The van der Waals surface area contributed by atoms with E-state index in [0.29, 0.717) is 22.0 Å². The number of ether oxygens (including phenoxy) is 1. The number of nitrogens with zero attached hydrogens (tertiary/aromatic N) is 1. The van der Waals surface area contributed by atoms with Crippen LogP contribution in [0.4, 0.5) is 15.8 Å². The zero-order valence-corrected chi connectivity index (χ0v) is 23.8. The van der Waals surface area contributed by atoms with Gasteiger partial charge < -0.3 is 15.4 Å². The molecule has 0 bridgehead atoms. The van der Waals surface area contributed by atoms with Gasteiger partial charge in [0.05, 0.1) is 7.11 Å². The minimum absolute atomic E-state index is 0.0285. The van der Waals surface area contributed by atoms with Crippen LogP contribution in [0.1, 0.15) is 43.0 Å². The molecule has 0 radical (unpaired) electrons. The fraction of sp³-hybridized carbons (Fsp3) is 0.345. The summed E-state index contributed by atoms with van der Waals surface area (Å²) < 4.78 is 31.4. The zero-order chi connectivity index (χ0) is 28.5. The first kappa shape index (κ1) is 29.4. The summed E-state index contributed by atoms with van der Waals surface area (Å²) in [4.78, 5) is 42.0. The predicted octanol–water partition coefficient (Wildman–Crippen LogP) is 4.81. The number of carbonyl (C=O) groups is 3. The van der Waals surface area contributed by atoms with Gasteiger partial charge in [0.25, 0.3) is 0 Å². The van der Waals surface area contributed by atoms with Gasteiger partial charge in [0.1, 0.15) is 29.1 Å². The molecule has 3 amide bonds. The molecule has 0 aliphatic heterocycles. The van der Waals surface area contributed by atoms with E-state index in [9.17, 15) is 23.0 Å². The largest absolute Gasteiger partial charge is 0.497 e. The van der Waals surface area contributed by atoms with Crippen LogP contribution in [0.15, 0.2) is 66.0 Å². The molecule has 0 saturated heterocycles. The fourth-order valence-corrected chi connectivity index (χ4v) is 6.36. The first-order valence-electron chi connectivity index (χ1n) is 13.0. The Bertz CT molecular complexity index is 1310. The number of amides is 3. The maximum absolute atomic E-state index is 13.8. The highest BCUT2D eigenvalue weighted by molar-refractivity contribution is 7.86. The van der Waals surface area contributed by atoms with Crippen molar-refractivity contribution in [2.24, 2.45) is 0 Å². The van der Waals surface area contributed by atoms with Crippen molar-refractivity contribution < 1.29 is 27.7 Å². The Morgan fingerprint density at radius 3 is 2.35 bits per heavy atom. The number of methoxy groups -OCH3 is 1. The lowest BCUT2D eigenvalue weighted by molar-refractivity contribution is -0.126. The molecule has 2 aromatic carbocycles. The maximum atomic E-state index is 13.8. The fourth-order valence-electron chi connectivity index (χ4n) is 4.66. The van der Waals surface area contributed by atoms with Crippen molar-refractivity contribution in [3.8, 4) is 5.75 Å². The quantitative estimate of drug-likeness (QED) is 0.336. The van der Waals surface area contributed by atoms with Crippen LogP contribution in [0.25, 0.3) is 0 Å². The van der Waals surface area contributed by atoms with Crippen LogP contribution in [0.3, 0.4) is 0 Å². The van der Waals surface area contributed by atoms with E-state index in [-0.39, 0.29) is 11.9 Å². The molecule has 8 nitrogen and oxygen atoms in total. The van der Waals surface area contributed by atoms with Gasteiger partial charge >= 0.3 is 0 Å². The van der Waals surface area contributed by atoms with Gasteiger partial charge in [-0.3, -0.25) is 23.5 Å². The van der Waals surface area contributed by atoms with Crippen molar-refractivity contribution in [3.05, 3.63) is 76.7 Å². The number of carbonyl (C=O) groups excluding carboxylic acids is 3. The summed E-state index contributed by atoms with van der Waals surface area (Å²) in [6, 6.07) is 14.6. The lowest BCUT2D eigenvalue weighted by Gasteiger charge is -2.32. The van der Waals surface area contributed by atoms with Crippen LogP contribution in [-0.4, -0.2) is 46.6 Å². The molecule has 0 unspecified atom stereocenters. The molecule has 1 aliphatic rings. The van der Waals surface area contributed by atoms with Gasteiger partial charge in [-0.05, 0) is 72.8 Å². The van der Waals surface area contributed by atoms with E-state index in [4.69, 9.17) is 4.74 Å². The molecule has 2 N–H and O–H groups in total. The van der Waals surface area contributed by atoms with Crippen LogP contribution < -0.4 is 20.3 Å². The number of hydrogen-bond acceptors (Lipinski definition) is 6. The zero-order valence-electron chi connectivity index (χ0n) is 22.1. The van der Waals surface area contributed by atoms with Crippen molar-refractivity contribution in [1.29, 1.82) is 0 Å². The molecule has 1 saturated carbocycles. The third-order valence-corrected chi connectivity index (χ3v) is 8.67. The van der Waals surface area contributed by atoms with E-state index < -0.39 is 46.0 Å². The molecule has 11 heteroatoms. The van der Waals surface area contributed by atoms with Crippen molar-refractivity contribution in [3.63, 3.8) is 0 Å². The van der Waals surface area contributed by atoms with Gasteiger partial charge in [-0.25, -0.2) is 4.39 Å². The highest BCUT2D eigenvalue weighted by Gasteiger charge is 2.35. The lowest BCUT2D eigenvalue weighted by atomic mass is 9.95. The van der Waals surface area contributed by atoms with E-state index in [1.807, 2.05) is 11.4 Å². The normalized spacial score (nSPS) is 15.1. The number of nitrogens with one attached hydrogen (secondary N) is 2. The molecule has 4 rings (SSSR count). The molecule has 40 heavy (non-hydrogen) atoms. The van der Waals surface area contributed by atoms with E-state index in [2.05, 4.69) is 10.6 Å². The van der Waals surface area contributed by atoms with Crippen molar-refractivity contribution in [2.75, 3.05) is 28.8 Å². The Kier molecular flexibility index (Phi) is 10.4. The summed E-state index contributed by atoms with van der Waals surface area (Å²) in [6.07, 6.45) is 4.97. The minimum Gasteiger partial charge on any atom is -0.497 e.